The fraction of sp³-hybridized carbons (Fsp3) is 0.263. The summed E-state index contributed by atoms with van der Waals surface area (Å²) in [6.45, 7) is 6.00. The second-order valence-corrected chi connectivity index (χ2v) is 5.75. The van der Waals surface area contributed by atoms with Crippen molar-refractivity contribution < 1.29 is 14.3 Å². The average molecular weight is 311 g/mol. The SMILES string of the molecule is Cc1cc(OCC(=O)Nc2ccc(C(C)C)cc2)ccc1C=O. The molecule has 0 radical (unpaired) electrons. The van der Waals surface area contributed by atoms with Gasteiger partial charge in [-0.15, -0.1) is 0 Å². The van der Waals surface area contributed by atoms with Crippen molar-refractivity contribution in [2.75, 3.05) is 11.9 Å². The van der Waals surface area contributed by atoms with E-state index in [2.05, 4.69) is 19.2 Å². The van der Waals surface area contributed by atoms with Crippen LogP contribution in [0.1, 0.15) is 41.3 Å². The lowest BCUT2D eigenvalue weighted by Gasteiger charge is -2.10. The minimum Gasteiger partial charge on any atom is -0.484 e. The maximum absolute atomic E-state index is 11.9. The van der Waals surface area contributed by atoms with Crippen molar-refractivity contribution >= 4 is 17.9 Å². The zero-order chi connectivity index (χ0) is 16.8. The van der Waals surface area contributed by atoms with Crippen molar-refractivity contribution in [1.82, 2.24) is 0 Å². The van der Waals surface area contributed by atoms with Gasteiger partial charge in [0, 0.05) is 11.3 Å². The van der Waals surface area contributed by atoms with Crippen LogP contribution in [0, 0.1) is 6.92 Å². The lowest BCUT2D eigenvalue weighted by atomic mass is 10.0. The number of carbonyl (C=O) groups is 2. The Kier molecular flexibility index (Phi) is 5.52. The van der Waals surface area contributed by atoms with Crippen LogP contribution in [0.15, 0.2) is 42.5 Å². The molecule has 0 heterocycles. The summed E-state index contributed by atoms with van der Waals surface area (Å²) in [5, 5.41) is 2.80. The maximum Gasteiger partial charge on any atom is 0.262 e. The van der Waals surface area contributed by atoms with Gasteiger partial charge in [-0.2, -0.15) is 0 Å². The molecule has 0 spiro atoms. The van der Waals surface area contributed by atoms with E-state index in [0.29, 0.717) is 17.2 Å². The lowest BCUT2D eigenvalue weighted by molar-refractivity contribution is -0.118. The smallest absolute Gasteiger partial charge is 0.262 e. The maximum atomic E-state index is 11.9. The van der Waals surface area contributed by atoms with Gasteiger partial charge >= 0.3 is 0 Å². The van der Waals surface area contributed by atoms with E-state index in [9.17, 15) is 9.59 Å². The van der Waals surface area contributed by atoms with Crippen molar-refractivity contribution in [2.45, 2.75) is 26.7 Å². The van der Waals surface area contributed by atoms with Crippen LogP contribution >= 0.6 is 0 Å². The van der Waals surface area contributed by atoms with Crippen LogP contribution in [0.3, 0.4) is 0 Å². The molecule has 0 aliphatic carbocycles. The third kappa shape index (κ3) is 4.68. The van der Waals surface area contributed by atoms with E-state index in [1.54, 1.807) is 18.2 Å². The van der Waals surface area contributed by atoms with E-state index < -0.39 is 0 Å². The number of amides is 1. The highest BCUT2D eigenvalue weighted by Crippen LogP contribution is 2.18. The Balaban J connectivity index is 1.89. The summed E-state index contributed by atoms with van der Waals surface area (Å²) in [4.78, 5) is 22.7. The monoisotopic (exact) mass is 311 g/mol. The lowest BCUT2D eigenvalue weighted by Crippen LogP contribution is -2.20. The van der Waals surface area contributed by atoms with Gasteiger partial charge in [-0.25, -0.2) is 0 Å². The Morgan fingerprint density at radius 1 is 1.17 bits per heavy atom. The highest BCUT2D eigenvalue weighted by molar-refractivity contribution is 5.91. The van der Waals surface area contributed by atoms with Gasteiger partial charge in [-0.05, 0) is 54.3 Å². The van der Waals surface area contributed by atoms with Crippen LogP contribution in [0.2, 0.25) is 0 Å². The zero-order valence-corrected chi connectivity index (χ0v) is 13.6. The number of anilines is 1. The van der Waals surface area contributed by atoms with Crippen molar-refractivity contribution in [1.29, 1.82) is 0 Å². The van der Waals surface area contributed by atoms with Gasteiger partial charge in [0.2, 0.25) is 0 Å². The number of rotatable bonds is 6. The van der Waals surface area contributed by atoms with Gasteiger partial charge in [0.1, 0.15) is 12.0 Å². The zero-order valence-electron chi connectivity index (χ0n) is 13.6. The van der Waals surface area contributed by atoms with E-state index in [1.807, 2.05) is 31.2 Å². The largest absolute Gasteiger partial charge is 0.484 e. The number of nitrogens with one attached hydrogen (secondary N) is 1. The minimum absolute atomic E-state index is 0.0776. The molecule has 0 fully saturated rings. The van der Waals surface area contributed by atoms with Crippen molar-refractivity contribution in [2.24, 2.45) is 0 Å². The number of carbonyl (C=O) groups excluding carboxylic acids is 2. The minimum atomic E-state index is -0.223. The summed E-state index contributed by atoms with van der Waals surface area (Å²) >= 11 is 0. The summed E-state index contributed by atoms with van der Waals surface area (Å²) in [6.07, 6.45) is 0.798. The summed E-state index contributed by atoms with van der Waals surface area (Å²) in [6, 6.07) is 12.9. The average Bonchev–Trinajstić information content (AvgIpc) is 2.53. The molecule has 0 bridgehead atoms. The van der Waals surface area contributed by atoms with E-state index in [0.717, 1.165) is 17.5 Å². The normalized spacial score (nSPS) is 10.4. The molecular weight excluding hydrogens is 290 g/mol. The molecule has 0 saturated carbocycles. The molecule has 2 rings (SSSR count). The molecule has 0 aliphatic rings. The van der Waals surface area contributed by atoms with Crippen molar-refractivity contribution in [3.63, 3.8) is 0 Å². The fourth-order valence-electron chi connectivity index (χ4n) is 2.17. The van der Waals surface area contributed by atoms with Crippen LogP contribution in [-0.2, 0) is 4.79 Å². The van der Waals surface area contributed by atoms with Crippen molar-refractivity contribution in [3.05, 3.63) is 59.2 Å². The van der Waals surface area contributed by atoms with Gasteiger partial charge in [-0.1, -0.05) is 26.0 Å². The first-order chi connectivity index (χ1) is 11.0. The van der Waals surface area contributed by atoms with Gasteiger partial charge in [0.25, 0.3) is 5.91 Å². The molecule has 4 nitrogen and oxygen atoms in total. The van der Waals surface area contributed by atoms with Crippen molar-refractivity contribution in [3.8, 4) is 5.75 Å². The summed E-state index contributed by atoms with van der Waals surface area (Å²) in [5.74, 6) is 0.804. The van der Waals surface area contributed by atoms with Gasteiger partial charge in [0.15, 0.2) is 6.61 Å². The number of benzene rings is 2. The summed E-state index contributed by atoms with van der Waals surface area (Å²) in [7, 11) is 0. The third-order valence-corrected chi connectivity index (χ3v) is 3.60. The molecule has 2 aromatic rings. The fourth-order valence-corrected chi connectivity index (χ4v) is 2.17. The number of aldehydes is 1. The van der Waals surface area contributed by atoms with E-state index in [-0.39, 0.29) is 12.5 Å². The Hall–Kier alpha value is -2.62. The number of hydrogen-bond donors (Lipinski definition) is 1. The number of aryl methyl sites for hydroxylation is 1. The molecule has 0 saturated heterocycles. The second-order valence-electron chi connectivity index (χ2n) is 5.75. The molecule has 120 valence electrons. The van der Waals surface area contributed by atoms with Gasteiger partial charge in [-0.3, -0.25) is 9.59 Å². The van der Waals surface area contributed by atoms with Gasteiger partial charge in [0.05, 0.1) is 0 Å². The number of hydrogen-bond acceptors (Lipinski definition) is 3. The van der Waals surface area contributed by atoms with Crippen LogP contribution in [0.4, 0.5) is 5.69 Å². The molecule has 0 aliphatic heterocycles. The Morgan fingerprint density at radius 2 is 1.87 bits per heavy atom. The van der Waals surface area contributed by atoms with E-state index in [4.69, 9.17) is 4.74 Å². The van der Waals surface area contributed by atoms with Crippen LogP contribution in [0.25, 0.3) is 0 Å². The third-order valence-electron chi connectivity index (χ3n) is 3.60. The van der Waals surface area contributed by atoms with E-state index in [1.165, 1.54) is 5.56 Å². The first kappa shape index (κ1) is 16.7. The predicted molar refractivity (Wildman–Crippen MR) is 91.2 cm³/mol. The molecular formula is C19H21NO3. The highest BCUT2D eigenvalue weighted by atomic mass is 16.5. The summed E-state index contributed by atoms with van der Waals surface area (Å²) in [5.41, 5.74) is 3.41. The molecule has 23 heavy (non-hydrogen) atoms. The molecule has 4 heteroatoms. The Morgan fingerprint density at radius 3 is 2.43 bits per heavy atom. The first-order valence-corrected chi connectivity index (χ1v) is 7.58. The van der Waals surface area contributed by atoms with E-state index >= 15 is 0 Å². The highest BCUT2D eigenvalue weighted by Gasteiger charge is 2.06. The Bertz CT molecular complexity index is 690. The molecule has 0 unspecified atom stereocenters. The van der Waals surface area contributed by atoms with Crippen LogP contribution in [-0.4, -0.2) is 18.8 Å². The topological polar surface area (TPSA) is 55.4 Å². The molecule has 0 atom stereocenters. The second kappa shape index (κ2) is 7.58. The molecule has 2 aromatic carbocycles. The van der Waals surface area contributed by atoms with Crippen LogP contribution < -0.4 is 10.1 Å². The first-order valence-electron chi connectivity index (χ1n) is 7.58. The standard InChI is InChI=1S/C19H21NO3/c1-13(2)15-4-7-17(8-5-15)20-19(22)12-23-18-9-6-16(11-21)14(3)10-18/h4-11,13H,12H2,1-3H3,(H,20,22). The molecule has 1 N–H and O–H groups in total. The molecule has 0 aromatic heterocycles. The quantitative estimate of drug-likeness (QED) is 0.822. The Labute approximate surface area is 136 Å². The predicted octanol–water partition coefficient (Wildman–Crippen LogP) is 3.95. The number of ether oxygens (including phenoxy) is 1. The van der Waals surface area contributed by atoms with Crippen LogP contribution in [0.5, 0.6) is 5.75 Å². The molecule has 1 amide bonds. The van der Waals surface area contributed by atoms with Gasteiger partial charge < -0.3 is 10.1 Å². The summed E-state index contributed by atoms with van der Waals surface area (Å²) < 4.78 is 5.45.